The fraction of sp³-hybridized carbons (Fsp3) is 0.368. The quantitative estimate of drug-likeness (QED) is 0.434. The fourth-order valence-electron chi connectivity index (χ4n) is 2.41. The van der Waals surface area contributed by atoms with E-state index in [4.69, 9.17) is 14.5 Å². The smallest absolute Gasteiger partial charge is 0.130 e. The van der Waals surface area contributed by atoms with Crippen molar-refractivity contribution in [3.8, 4) is 11.5 Å². The first-order valence-electron chi connectivity index (χ1n) is 8.06. The van der Waals surface area contributed by atoms with Gasteiger partial charge in [0, 0.05) is 34.3 Å². The summed E-state index contributed by atoms with van der Waals surface area (Å²) < 4.78 is 11.0. The molecule has 1 aromatic carbocycles. The van der Waals surface area contributed by atoms with Crippen molar-refractivity contribution in [2.75, 3.05) is 20.1 Å². The van der Waals surface area contributed by atoms with Crippen LogP contribution in [0.5, 0.6) is 11.5 Å². The zero-order valence-corrected chi connectivity index (χ0v) is 16.2. The molecule has 0 saturated carbocycles. The molecule has 0 bridgehead atoms. The number of nitrogens with zero attached hydrogens (tertiary/aromatic N) is 2. The van der Waals surface area contributed by atoms with Crippen molar-refractivity contribution in [3.05, 3.63) is 34.9 Å². The minimum absolute atomic E-state index is 0.440. The number of pyridine rings is 1. The van der Waals surface area contributed by atoms with Gasteiger partial charge >= 0.3 is 0 Å². The van der Waals surface area contributed by atoms with Gasteiger partial charge in [-0.2, -0.15) is 0 Å². The largest absolute Gasteiger partial charge is 0.496 e. The van der Waals surface area contributed by atoms with Crippen LogP contribution < -0.4 is 14.8 Å². The molecule has 1 N–H and O–H groups in total. The molecular weight excluding hydrogens is 334 g/mol. The van der Waals surface area contributed by atoms with Gasteiger partial charge in [-0.3, -0.25) is 4.99 Å². The fourth-order valence-corrected chi connectivity index (χ4v) is 3.28. The Morgan fingerprint density at radius 2 is 2.04 bits per heavy atom. The van der Waals surface area contributed by atoms with E-state index in [1.807, 2.05) is 30.5 Å². The van der Waals surface area contributed by atoms with E-state index in [-0.39, 0.29) is 0 Å². The number of benzene rings is 1. The maximum atomic E-state index is 5.56. The Bertz CT molecular complexity index is 788. The molecule has 1 heterocycles. The van der Waals surface area contributed by atoms with E-state index in [1.54, 1.807) is 26.0 Å². The van der Waals surface area contributed by atoms with Crippen molar-refractivity contribution < 1.29 is 9.47 Å². The summed E-state index contributed by atoms with van der Waals surface area (Å²) in [6.07, 6.45) is 0. The van der Waals surface area contributed by atoms with Gasteiger partial charge < -0.3 is 14.8 Å². The summed E-state index contributed by atoms with van der Waals surface area (Å²) in [7, 11) is 3.31. The molecule has 6 heteroatoms. The minimum Gasteiger partial charge on any atom is -0.496 e. The number of methoxy groups -OCH3 is 2. The van der Waals surface area contributed by atoms with Gasteiger partial charge in [-0.05, 0) is 25.8 Å². The molecule has 134 valence electrons. The maximum Gasteiger partial charge on any atom is 0.130 e. The Morgan fingerprint density at radius 3 is 2.64 bits per heavy atom. The van der Waals surface area contributed by atoms with Crippen molar-refractivity contribution >= 4 is 35.1 Å². The molecule has 25 heavy (non-hydrogen) atoms. The molecule has 2 aromatic rings. The number of aryl methyl sites for hydroxylation is 1. The molecule has 0 atom stereocenters. The summed E-state index contributed by atoms with van der Waals surface area (Å²) >= 11 is 1.63. The molecule has 0 aliphatic rings. The highest BCUT2D eigenvalue weighted by atomic mass is 32.2. The van der Waals surface area contributed by atoms with Crippen molar-refractivity contribution in [1.29, 1.82) is 0 Å². The van der Waals surface area contributed by atoms with Crippen LogP contribution in [0.2, 0.25) is 0 Å². The van der Waals surface area contributed by atoms with Gasteiger partial charge in [0.1, 0.15) is 11.5 Å². The molecule has 2 rings (SSSR count). The van der Waals surface area contributed by atoms with Gasteiger partial charge in [0.25, 0.3) is 0 Å². The van der Waals surface area contributed by atoms with Gasteiger partial charge in [0.2, 0.25) is 0 Å². The molecule has 0 unspecified atom stereocenters. The highest BCUT2D eigenvalue weighted by Gasteiger charge is 2.13. The summed E-state index contributed by atoms with van der Waals surface area (Å²) in [6, 6.07) is 6.22. The number of rotatable bonds is 8. The number of thioether (sulfide) groups is 1. The number of aromatic nitrogens is 1. The normalized spacial score (nSPS) is 11.8. The Hall–Kier alpha value is -2.05. The van der Waals surface area contributed by atoms with Crippen LogP contribution in [0.15, 0.2) is 28.6 Å². The maximum absolute atomic E-state index is 5.56. The van der Waals surface area contributed by atoms with Crippen molar-refractivity contribution in [1.82, 2.24) is 10.3 Å². The number of ether oxygens (including phenoxy) is 2. The predicted octanol–water partition coefficient (Wildman–Crippen LogP) is 4.25. The third-order valence-electron chi connectivity index (χ3n) is 3.79. The van der Waals surface area contributed by atoms with E-state index in [0.29, 0.717) is 6.04 Å². The van der Waals surface area contributed by atoms with Crippen LogP contribution in [0.4, 0.5) is 0 Å². The molecule has 0 aliphatic carbocycles. The summed E-state index contributed by atoms with van der Waals surface area (Å²) in [4.78, 5) is 8.92. The Labute approximate surface area is 153 Å². The summed E-state index contributed by atoms with van der Waals surface area (Å²) in [5.41, 5.74) is 3.26. The second kappa shape index (κ2) is 8.87. The molecule has 0 fully saturated rings. The standard InChI is InChI=1S/C19H25N3O2S/c1-12(2)21-11-25-10-16(20-4)15-9-18(24-6)14-7-8-17(23-5)13(3)19(14)22-15/h7-10,12,21H,4,11H2,1-3,5-6H3/b16-10-. The monoisotopic (exact) mass is 359 g/mol. The lowest BCUT2D eigenvalue weighted by Gasteiger charge is -2.13. The highest BCUT2D eigenvalue weighted by molar-refractivity contribution is 8.02. The highest BCUT2D eigenvalue weighted by Crippen LogP contribution is 2.34. The van der Waals surface area contributed by atoms with Crippen molar-refractivity contribution in [2.45, 2.75) is 26.8 Å². The molecule has 0 spiro atoms. The van der Waals surface area contributed by atoms with Crippen LogP contribution in [0, 0.1) is 6.92 Å². The molecule has 0 amide bonds. The van der Waals surface area contributed by atoms with E-state index in [2.05, 4.69) is 30.9 Å². The lowest BCUT2D eigenvalue weighted by Crippen LogP contribution is -2.21. The number of hydrogen-bond donors (Lipinski definition) is 1. The van der Waals surface area contributed by atoms with Crippen LogP contribution in [0.1, 0.15) is 25.1 Å². The third kappa shape index (κ3) is 4.52. The Balaban J connectivity index is 2.47. The van der Waals surface area contributed by atoms with E-state index in [1.165, 1.54) is 0 Å². The first-order chi connectivity index (χ1) is 12.0. The predicted molar refractivity (Wildman–Crippen MR) is 108 cm³/mol. The average Bonchev–Trinajstić information content (AvgIpc) is 2.61. The van der Waals surface area contributed by atoms with Crippen LogP contribution in [-0.2, 0) is 0 Å². The summed E-state index contributed by atoms with van der Waals surface area (Å²) in [5.74, 6) is 2.35. The zero-order valence-electron chi connectivity index (χ0n) is 15.4. The topological polar surface area (TPSA) is 55.7 Å². The summed E-state index contributed by atoms with van der Waals surface area (Å²) in [5, 5.41) is 6.26. The van der Waals surface area contributed by atoms with Gasteiger partial charge in [0.15, 0.2) is 0 Å². The first-order valence-corrected chi connectivity index (χ1v) is 9.11. The van der Waals surface area contributed by atoms with Gasteiger partial charge in [-0.1, -0.05) is 13.8 Å². The van der Waals surface area contributed by atoms with E-state index in [9.17, 15) is 0 Å². The Morgan fingerprint density at radius 1 is 1.32 bits per heavy atom. The molecular formula is C19H25N3O2S. The van der Waals surface area contributed by atoms with Crippen LogP contribution in [0.25, 0.3) is 16.6 Å². The lowest BCUT2D eigenvalue weighted by atomic mass is 10.1. The average molecular weight is 359 g/mol. The molecule has 5 nitrogen and oxygen atoms in total. The van der Waals surface area contributed by atoms with Gasteiger partial charge in [0.05, 0.1) is 31.1 Å². The van der Waals surface area contributed by atoms with Crippen molar-refractivity contribution in [2.24, 2.45) is 4.99 Å². The molecule has 0 saturated heterocycles. The number of aliphatic imine (C=N–C) groups is 1. The Kier molecular flexibility index (Phi) is 6.84. The number of nitrogens with one attached hydrogen (secondary N) is 1. The SMILES string of the molecule is C=N/C(=C\SCNC(C)C)c1cc(OC)c2ccc(OC)c(C)c2n1. The molecule has 0 radical (unpaired) electrons. The minimum atomic E-state index is 0.440. The first kappa shape index (κ1) is 19.3. The van der Waals surface area contributed by atoms with Gasteiger partial charge in [-0.25, -0.2) is 4.98 Å². The van der Waals surface area contributed by atoms with E-state index < -0.39 is 0 Å². The van der Waals surface area contributed by atoms with E-state index >= 15 is 0 Å². The molecule has 0 aliphatic heterocycles. The lowest BCUT2D eigenvalue weighted by molar-refractivity contribution is 0.411. The van der Waals surface area contributed by atoms with Crippen LogP contribution in [0.3, 0.4) is 0 Å². The number of hydrogen-bond acceptors (Lipinski definition) is 6. The zero-order chi connectivity index (χ0) is 18.4. The van der Waals surface area contributed by atoms with Crippen LogP contribution >= 0.6 is 11.8 Å². The van der Waals surface area contributed by atoms with Crippen molar-refractivity contribution in [3.63, 3.8) is 0 Å². The third-order valence-corrected chi connectivity index (χ3v) is 4.51. The number of fused-ring (bicyclic) bond motifs is 1. The van der Waals surface area contributed by atoms with E-state index in [0.717, 1.165) is 45.2 Å². The summed E-state index contributed by atoms with van der Waals surface area (Å²) in [6.45, 7) is 9.90. The van der Waals surface area contributed by atoms with Crippen LogP contribution in [-0.4, -0.2) is 37.8 Å². The second-order valence-corrected chi connectivity index (χ2v) is 6.69. The van der Waals surface area contributed by atoms with Gasteiger partial charge in [-0.15, -0.1) is 11.8 Å². The second-order valence-electron chi connectivity index (χ2n) is 5.83. The molecule has 1 aromatic heterocycles.